The molecule has 0 amide bonds. The average molecular weight is 284 g/mol. The molecular formula is C11H16N4O5. The number of nitrogens with one attached hydrogen (secondary N) is 1. The van der Waals surface area contributed by atoms with Gasteiger partial charge >= 0.3 is 11.7 Å². The highest BCUT2D eigenvalue weighted by atomic mass is 16.6. The fourth-order valence-corrected chi connectivity index (χ4v) is 1.69. The first-order valence-electron chi connectivity index (χ1n) is 6.01. The van der Waals surface area contributed by atoms with E-state index in [0.29, 0.717) is 12.8 Å². The van der Waals surface area contributed by atoms with E-state index in [4.69, 9.17) is 9.84 Å². The molecule has 110 valence electrons. The fraction of sp³-hybridized carbons (Fsp3) is 0.545. The highest BCUT2D eigenvalue weighted by Crippen LogP contribution is 2.30. The van der Waals surface area contributed by atoms with E-state index in [1.165, 1.54) is 7.11 Å². The third-order valence-electron chi connectivity index (χ3n) is 2.67. The molecule has 0 saturated carbocycles. The molecule has 0 aromatic carbocycles. The number of hydrogen-bond acceptors (Lipinski definition) is 7. The molecule has 0 aliphatic rings. The number of ether oxygens (including phenoxy) is 1. The van der Waals surface area contributed by atoms with Crippen LogP contribution >= 0.6 is 0 Å². The molecule has 1 aromatic rings. The maximum absolute atomic E-state index is 11.0. The van der Waals surface area contributed by atoms with Crippen LogP contribution in [0.1, 0.15) is 19.8 Å². The molecule has 9 heteroatoms. The van der Waals surface area contributed by atoms with Crippen molar-refractivity contribution in [1.29, 1.82) is 0 Å². The monoisotopic (exact) mass is 284 g/mol. The fourth-order valence-electron chi connectivity index (χ4n) is 1.69. The van der Waals surface area contributed by atoms with Gasteiger partial charge in [-0.25, -0.2) is 4.98 Å². The zero-order valence-electron chi connectivity index (χ0n) is 11.2. The number of aromatic nitrogens is 2. The number of nitrogens with zero attached hydrogens (tertiary/aromatic N) is 3. The summed E-state index contributed by atoms with van der Waals surface area (Å²) in [6, 6.07) is 0. The summed E-state index contributed by atoms with van der Waals surface area (Å²) >= 11 is 0. The number of methoxy groups -OCH3 is 1. The van der Waals surface area contributed by atoms with Crippen molar-refractivity contribution in [3.8, 4) is 5.88 Å². The predicted molar refractivity (Wildman–Crippen MR) is 69.8 cm³/mol. The molecule has 2 N–H and O–H groups in total. The summed E-state index contributed by atoms with van der Waals surface area (Å²) < 4.78 is 4.80. The minimum absolute atomic E-state index is 0.0458. The molecule has 0 bridgehead atoms. The Kier molecular flexibility index (Phi) is 5.63. The summed E-state index contributed by atoms with van der Waals surface area (Å²) in [7, 11) is 1.26. The topological polar surface area (TPSA) is 127 Å². The van der Waals surface area contributed by atoms with Gasteiger partial charge in [-0.15, -0.1) is 0 Å². The van der Waals surface area contributed by atoms with Crippen molar-refractivity contribution in [3.05, 3.63) is 16.4 Å². The number of hydrogen-bond donors (Lipinski definition) is 2. The predicted octanol–water partition coefficient (Wildman–Crippen LogP) is 1.31. The normalized spacial score (nSPS) is 11.7. The molecule has 0 fully saturated rings. The Morgan fingerprint density at radius 3 is 2.80 bits per heavy atom. The average Bonchev–Trinajstić information content (AvgIpc) is 2.42. The first-order valence-corrected chi connectivity index (χ1v) is 6.01. The van der Waals surface area contributed by atoms with Gasteiger partial charge in [-0.3, -0.25) is 14.9 Å². The second-order valence-electron chi connectivity index (χ2n) is 4.04. The van der Waals surface area contributed by atoms with Gasteiger partial charge in [0.2, 0.25) is 5.82 Å². The molecule has 0 aliphatic heterocycles. The third kappa shape index (κ3) is 3.77. The number of nitro groups is 1. The van der Waals surface area contributed by atoms with Gasteiger partial charge in [0.25, 0.3) is 5.88 Å². The zero-order valence-corrected chi connectivity index (χ0v) is 11.2. The molecule has 0 radical (unpaired) electrons. The second kappa shape index (κ2) is 7.22. The minimum atomic E-state index is -0.956. The van der Waals surface area contributed by atoms with Crippen molar-refractivity contribution >= 4 is 17.5 Å². The zero-order chi connectivity index (χ0) is 15.1. The van der Waals surface area contributed by atoms with Crippen LogP contribution in [0.5, 0.6) is 5.88 Å². The Hall–Kier alpha value is -2.45. The Balaban J connectivity index is 2.92. The molecule has 1 atom stereocenters. The first kappa shape index (κ1) is 15.6. The number of carboxylic acid groups (broad SMARTS) is 1. The van der Waals surface area contributed by atoms with Crippen LogP contribution in [0.3, 0.4) is 0 Å². The summed E-state index contributed by atoms with van der Waals surface area (Å²) in [4.78, 5) is 28.8. The molecule has 0 spiro atoms. The Morgan fingerprint density at radius 1 is 1.60 bits per heavy atom. The number of aliphatic carboxylic acids is 1. The smallest absolute Gasteiger partial charge is 0.372 e. The Bertz CT molecular complexity index is 494. The molecule has 0 aliphatic carbocycles. The third-order valence-corrected chi connectivity index (χ3v) is 2.67. The van der Waals surface area contributed by atoms with Crippen LogP contribution in [0.15, 0.2) is 6.33 Å². The van der Waals surface area contributed by atoms with E-state index < -0.39 is 22.5 Å². The maximum Gasteiger partial charge on any atom is 0.372 e. The molecular weight excluding hydrogens is 268 g/mol. The lowest BCUT2D eigenvalue weighted by Gasteiger charge is -2.13. The van der Waals surface area contributed by atoms with Gasteiger partial charge in [0.05, 0.1) is 18.0 Å². The van der Waals surface area contributed by atoms with Crippen LogP contribution < -0.4 is 10.1 Å². The molecule has 1 heterocycles. The van der Waals surface area contributed by atoms with E-state index in [1.54, 1.807) is 0 Å². The van der Waals surface area contributed by atoms with Crippen molar-refractivity contribution in [1.82, 2.24) is 9.97 Å². The van der Waals surface area contributed by atoms with Crippen molar-refractivity contribution in [2.75, 3.05) is 19.0 Å². The van der Waals surface area contributed by atoms with Gasteiger partial charge in [0.1, 0.15) is 6.33 Å². The quantitative estimate of drug-likeness (QED) is 0.540. The van der Waals surface area contributed by atoms with E-state index >= 15 is 0 Å². The van der Waals surface area contributed by atoms with Crippen LogP contribution in [0.4, 0.5) is 11.5 Å². The van der Waals surface area contributed by atoms with Gasteiger partial charge in [-0.05, 0) is 6.42 Å². The Morgan fingerprint density at radius 2 is 2.30 bits per heavy atom. The van der Waals surface area contributed by atoms with E-state index in [-0.39, 0.29) is 18.2 Å². The molecule has 20 heavy (non-hydrogen) atoms. The van der Waals surface area contributed by atoms with Crippen LogP contribution in [0, 0.1) is 16.0 Å². The summed E-state index contributed by atoms with van der Waals surface area (Å²) in [5.74, 6) is -1.82. The number of carbonyl (C=O) groups is 1. The molecule has 1 unspecified atom stereocenters. The highest BCUT2D eigenvalue weighted by molar-refractivity contribution is 5.71. The summed E-state index contributed by atoms with van der Waals surface area (Å²) in [6.07, 6.45) is 2.29. The SMILES string of the molecule is CCCC(CNc1ncnc(OC)c1[N+](=O)[O-])C(=O)O. The minimum Gasteiger partial charge on any atom is -0.481 e. The van der Waals surface area contributed by atoms with Crippen LogP contribution in [-0.2, 0) is 4.79 Å². The first-order chi connectivity index (χ1) is 9.51. The highest BCUT2D eigenvalue weighted by Gasteiger charge is 2.25. The van der Waals surface area contributed by atoms with Crippen molar-refractivity contribution in [2.45, 2.75) is 19.8 Å². The summed E-state index contributed by atoms with van der Waals surface area (Å²) in [5, 5.41) is 22.7. The van der Waals surface area contributed by atoms with Gasteiger partial charge in [-0.2, -0.15) is 4.98 Å². The molecule has 0 saturated heterocycles. The summed E-state index contributed by atoms with van der Waals surface area (Å²) in [6.45, 7) is 1.91. The van der Waals surface area contributed by atoms with Gasteiger partial charge in [0.15, 0.2) is 0 Å². The molecule has 9 nitrogen and oxygen atoms in total. The number of anilines is 1. The summed E-state index contributed by atoms with van der Waals surface area (Å²) in [5.41, 5.74) is -0.407. The van der Waals surface area contributed by atoms with Crippen molar-refractivity contribution in [2.24, 2.45) is 5.92 Å². The van der Waals surface area contributed by atoms with Crippen molar-refractivity contribution < 1.29 is 19.6 Å². The van der Waals surface area contributed by atoms with Crippen LogP contribution in [0.2, 0.25) is 0 Å². The largest absolute Gasteiger partial charge is 0.481 e. The lowest BCUT2D eigenvalue weighted by Crippen LogP contribution is -2.23. The van der Waals surface area contributed by atoms with E-state index in [9.17, 15) is 14.9 Å². The standard InChI is InChI=1S/C11H16N4O5/c1-3-4-7(11(16)17)5-12-9-8(15(18)19)10(20-2)14-6-13-9/h6-7H,3-5H2,1-2H3,(H,16,17)(H,12,13,14). The molecule has 1 rings (SSSR count). The maximum atomic E-state index is 11.0. The van der Waals surface area contributed by atoms with Crippen molar-refractivity contribution in [3.63, 3.8) is 0 Å². The van der Waals surface area contributed by atoms with Crippen LogP contribution in [0.25, 0.3) is 0 Å². The van der Waals surface area contributed by atoms with E-state index in [2.05, 4.69) is 15.3 Å². The van der Waals surface area contributed by atoms with E-state index in [1.807, 2.05) is 6.92 Å². The van der Waals surface area contributed by atoms with Gasteiger partial charge < -0.3 is 15.2 Å². The second-order valence-corrected chi connectivity index (χ2v) is 4.04. The lowest BCUT2D eigenvalue weighted by molar-refractivity contribution is -0.385. The van der Waals surface area contributed by atoms with E-state index in [0.717, 1.165) is 6.33 Å². The Labute approximate surface area is 115 Å². The molecule has 1 aromatic heterocycles. The lowest BCUT2D eigenvalue weighted by atomic mass is 10.0. The number of rotatable bonds is 8. The number of carboxylic acids is 1. The van der Waals surface area contributed by atoms with Gasteiger partial charge in [0, 0.05) is 6.54 Å². The van der Waals surface area contributed by atoms with Crippen LogP contribution in [-0.4, -0.2) is 39.6 Å². The van der Waals surface area contributed by atoms with Gasteiger partial charge in [-0.1, -0.05) is 13.3 Å².